The fourth-order valence-corrected chi connectivity index (χ4v) is 7.35. The molecule has 0 fully saturated rings. The number of hydrogen-bond acceptors (Lipinski definition) is 13. The number of nitrogens with one attached hydrogen (secondary N) is 7. The summed E-state index contributed by atoms with van der Waals surface area (Å²) in [5.41, 5.74) is 0.949. The van der Waals surface area contributed by atoms with Crippen LogP contribution >= 0.6 is 0 Å². The molecule has 408 valence electrons. The van der Waals surface area contributed by atoms with E-state index in [0.29, 0.717) is 56.1 Å². The summed E-state index contributed by atoms with van der Waals surface area (Å²) in [4.78, 5) is 127. The number of carboxylic acids is 4. The van der Waals surface area contributed by atoms with E-state index in [2.05, 4.69) is 42.2 Å². The Morgan fingerprint density at radius 2 is 0.893 bits per heavy atom. The van der Waals surface area contributed by atoms with Gasteiger partial charge in [0, 0.05) is 51.4 Å². The van der Waals surface area contributed by atoms with Gasteiger partial charge < -0.3 is 67.9 Å². The van der Waals surface area contributed by atoms with Crippen molar-refractivity contribution in [2.24, 2.45) is 0 Å². The highest BCUT2D eigenvalue weighted by Crippen LogP contribution is 2.15. The number of aromatic hydroxyl groups is 2. The van der Waals surface area contributed by atoms with Crippen LogP contribution < -0.4 is 37.2 Å². The first-order valence-corrected chi connectivity index (χ1v) is 24.3. The van der Waals surface area contributed by atoms with Gasteiger partial charge in [-0.05, 0) is 105 Å². The SMILES string of the molecule is O=C(O)CC[C@H](NC(=O)N[C@@H](CCCCNC(=O)CCCCCCC(=O)NCCCC[C@@H](NC(=O)[C@H](Cc1ccc(O)cc1)NC(=O)[C@H](Cc1ccc(O)cc1)NC(=O)c1ccc(F)nc1)C(=O)O)C(=O)O)C(=O)O. The van der Waals surface area contributed by atoms with Gasteiger partial charge in [0.1, 0.15) is 41.7 Å². The molecule has 0 bridgehead atoms. The van der Waals surface area contributed by atoms with Crippen LogP contribution in [0.25, 0.3) is 0 Å². The molecule has 0 saturated heterocycles. The van der Waals surface area contributed by atoms with Gasteiger partial charge in [-0.1, -0.05) is 37.1 Å². The van der Waals surface area contributed by atoms with Gasteiger partial charge in [0.25, 0.3) is 5.91 Å². The standard InChI is InChI=1S/C50H65FN8O16/c51-40-23-17-32(29-54-40)44(66)56-38(27-30-13-18-33(60)19-14-30)46(68)57-39(28-31-15-20-34(61)21-16-31)45(67)55-35(47(69)70)9-5-7-25-52-41(62)11-3-1-2-4-12-42(63)53-26-8-6-10-36(48(71)72)58-50(75)59-37(49(73)74)22-24-43(64)65/h13-21,23,29,35-39,60-61H,1-12,22,24-28H2,(H,52,62)(H,53,63)(H,55,67)(H,56,66)(H,57,68)(H,64,65)(H,69,70)(H,71,72)(H,73,74)(H2,58,59,75)/t35-,36+,37+,38+,39+/m1/s1. The number of hydrogen-bond donors (Lipinski definition) is 13. The molecular weight excluding hydrogens is 988 g/mol. The number of unbranched alkanes of at least 4 members (excludes halogenated alkanes) is 5. The molecule has 0 spiro atoms. The number of pyridine rings is 1. The number of phenolic OH excluding ortho intramolecular Hbond substituents is 2. The van der Waals surface area contributed by atoms with E-state index in [1.165, 1.54) is 54.6 Å². The third-order valence-electron chi connectivity index (χ3n) is 11.5. The molecule has 2 aromatic carbocycles. The molecule has 0 unspecified atom stereocenters. The summed E-state index contributed by atoms with van der Waals surface area (Å²) in [6, 6.07) is 5.65. The van der Waals surface area contributed by atoms with Crippen LogP contribution in [0.3, 0.4) is 0 Å². The normalized spacial score (nSPS) is 12.8. The zero-order valence-electron chi connectivity index (χ0n) is 41.1. The van der Waals surface area contributed by atoms with E-state index < -0.39 is 96.6 Å². The fraction of sp³-hybridized carbons (Fsp3) is 0.460. The van der Waals surface area contributed by atoms with Crippen molar-refractivity contribution in [2.45, 2.75) is 133 Å². The number of amides is 7. The Labute approximate surface area is 430 Å². The summed E-state index contributed by atoms with van der Waals surface area (Å²) in [7, 11) is 0. The Balaban J connectivity index is 1.39. The number of rotatable bonds is 35. The van der Waals surface area contributed by atoms with E-state index in [-0.39, 0.29) is 86.9 Å². The topological polar surface area (TPSA) is 389 Å². The minimum absolute atomic E-state index is 0.0145. The maximum Gasteiger partial charge on any atom is 0.326 e. The minimum atomic E-state index is -1.53. The second kappa shape index (κ2) is 32.6. The predicted molar refractivity (Wildman–Crippen MR) is 263 cm³/mol. The zero-order chi connectivity index (χ0) is 55.3. The van der Waals surface area contributed by atoms with Crippen molar-refractivity contribution in [3.8, 4) is 11.5 Å². The van der Waals surface area contributed by atoms with Crippen molar-refractivity contribution < 1.29 is 83.0 Å². The van der Waals surface area contributed by atoms with E-state index in [4.69, 9.17) is 5.11 Å². The van der Waals surface area contributed by atoms with Gasteiger partial charge in [0.2, 0.25) is 29.6 Å². The summed E-state index contributed by atoms with van der Waals surface area (Å²) in [5, 5.41) is 74.4. The lowest BCUT2D eigenvalue weighted by Gasteiger charge is -2.25. The van der Waals surface area contributed by atoms with Crippen LogP contribution in [0.1, 0.15) is 111 Å². The van der Waals surface area contributed by atoms with Crippen LogP contribution in [0.15, 0.2) is 66.9 Å². The molecule has 24 nitrogen and oxygen atoms in total. The lowest BCUT2D eigenvalue weighted by atomic mass is 10.0. The van der Waals surface area contributed by atoms with Gasteiger partial charge >= 0.3 is 29.9 Å². The van der Waals surface area contributed by atoms with Crippen LogP contribution in [0.2, 0.25) is 0 Å². The summed E-state index contributed by atoms with van der Waals surface area (Å²) in [5.74, 6) is -9.28. The Hall–Kier alpha value is -8.38. The van der Waals surface area contributed by atoms with E-state index >= 15 is 0 Å². The number of phenols is 2. The summed E-state index contributed by atoms with van der Waals surface area (Å²) >= 11 is 0. The quantitative estimate of drug-likeness (QED) is 0.0297. The van der Waals surface area contributed by atoms with Crippen LogP contribution in [-0.2, 0) is 51.2 Å². The second-order valence-electron chi connectivity index (χ2n) is 17.5. The van der Waals surface area contributed by atoms with Crippen LogP contribution in [0.4, 0.5) is 9.18 Å². The maximum atomic E-state index is 13.9. The lowest BCUT2D eigenvalue weighted by Crippen LogP contribution is -2.57. The van der Waals surface area contributed by atoms with Gasteiger partial charge in [0.15, 0.2) is 0 Å². The third-order valence-corrected chi connectivity index (χ3v) is 11.5. The van der Waals surface area contributed by atoms with Gasteiger partial charge in [0.05, 0.1) is 5.56 Å². The first-order chi connectivity index (χ1) is 35.7. The van der Waals surface area contributed by atoms with E-state index in [1.54, 1.807) is 0 Å². The number of carboxylic acid groups (broad SMARTS) is 4. The fourth-order valence-electron chi connectivity index (χ4n) is 7.35. The molecular formula is C50H65FN8O16. The molecule has 0 aliphatic rings. The van der Waals surface area contributed by atoms with E-state index in [0.717, 1.165) is 12.3 Å². The third kappa shape index (κ3) is 24.7. The number of urea groups is 1. The first kappa shape index (κ1) is 60.9. The van der Waals surface area contributed by atoms with Crippen LogP contribution in [0, 0.1) is 5.95 Å². The summed E-state index contributed by atoms with van der Waals surface area (Å²) in [6.45, 7) is 0.476. The number of halogens is 1. The van der Waals surface area contributed by atoms with Gasteiger partial charge in [-0.25, -0.2) is 24.2 Å². The summed E-state index contributed by atoms with van der Waals surface area (Å²) in [6.07, 6.45) is 3.99. The average molecular weight is 1050 g/mol. The molecule has 25 heteroatoms. The number of carbonyl (C=O) groups excluding carboxylic acids is 6. The predicted octanol–water partition coefficient (Wildman–Crippen LogP) is 2.25. The van der Waals surface area contributed by atoms with Crippen molar-refractivity contribution in [1.82, 2.24) is 42.2 Å². The minimum Gasteiger partial charge on any atom is -0.508 e. The highest BCUT2D eigenvalue weighted by molar-refractivity contribution is 5.98. The molecule has 0 aliphatic carbocycles. The second-order valence-corrected chi connectivity index (χ2v) is 17.5. The molecule has 3 rings (SSSR count). The number of aliphatic carboxylic acids is 4. The molecule has 7 amide bonds. The number of aromatic nitrogens is 1. The van der Waals surface area contributed by atoms with Crippen LogP contribution in [-0.4, -0.2) is 138 Å². The maximum absolute atomic E-state index is 13.9. The molecule has 5 atom stereocenters. The van der Waals surface area contributed by atoms with E-state index in [1.807, 2.05) is 0 Å². The molecule has 3 aromatic rings. The molecule has 75 heavy (non-hydrogen) atoms. The van der Waals surface area contributed by atoms with Crippen LogP contribution in [0.5, 0.6) is 11.5 Å². The zero-order valence-corrected chi connectivity index (χ0v) is 41.1. The van der Waals surface area contributed by atoms with Crippen molar-refractivity contribution in [2.75, 3.05) is 13.1 Å². The first-order valence-electron chi connectivity index (χ1n) is 24.3. The van der Waals surface area contributed by atoms with Crippen molar-refractivity contribution >= 4 is 59.4 Å². The van der Waals surface area contributed by atoms with Gasteiger partial charge in [-0.3, -0.25) is 28.8 Å². The van der Waals surface area contributed by atoms with E-state index in [9.17, 15) is 77.9 Å². The highest BCUT2D eigenvalue weighted by atomic mass is 19.1. The number of benzene rings is 2. The van der Waals surface area contributed by atoms with Crippen molar-refractivity contribution in [1.29, 1.82) is 0 Å². The average Bonchev–Trinajstić information content (AvgIpc) is 3.35. The number of nitrogens with zero attached hydrogens (tertiary/aromatic N) is 1. The molecule has 13 N–H and O–H groups in total. The van der Waals surface area contributed by atoms with Gasteiger partial charge in [-0.2, -0.15) is 4.39 Å². The lowest BCUT2D eigenvalue weighted by molar-refractivity contribution is -0.142. The molecule has 0 aliphatic heterocycles. The molecule has 1 aromatic heterocycles. The van der Waals surface area contributed by atoms with Gasteiger partial charge in [-0.15, -0.1) is 0 Å². The Kier molecular flexibility index (Phi) is 26.5. The van der Waals surface area contributed by atoms with Crippen molar-refractivity contribution in [3.05, 3.63) is 89.5 Å². The smallest absolute Gasteiger partial charge is 0.326 e. The molecule has 0 saturated carbocycles. The summed E-state index contributed by atoms with van der Waals surface area (Å²) < 4.78 is 13.5. The van der Waals surface area contributed by atoms with Crippen molar-refractivity contribution in [3.63, 3.8) is 0 Å². The Morgan fingerprint density at radius 3 is 1.32 bits per heavy atom. The Bertz CT molecular complexity index is 2390. The monoisotopic (exact) mass is 1050 g/mol. The largest absolute Gasteiger partial charge is 0.508 e. The molecule has 1 heterocycles. The highest BCUT2D eigenvalue weighted by Gasteiger charge is 2.31. The molecule has 0 radical (unpaired) electrons. The Morgan fingerprint density at radius 1 is 0.467 bits per heavy atom. The number of carbonyl (C=O) groups is 10.